The minimum atomic E-state index is -3.85. The van der Waals surface area contributed by atoms with Gasteiger partial charge < -0.3 is 11.1 Å². The minimum Gasteiger partial charge on any atom is -0.399 e. The Bertz CT molecular complexity index is 809. The van der Waals surface area contributed by atoms with Gasteiger partial charge in [0.25, 0.3) is 0 Å². The molecule has 21 heavy (non-hydrogen) atoms. The van der Waals surface area contributed by atoms with Gasteiger partial charge in [-0.15, -0.1) is 0 Å². The van der Waals surface area contributed by atoms with Crippen LogP contribution in [0.1, 0.15) is 5.56 Å². The number of nitrogens with two attached hydrogens (primary N) is 2. The van der Waals surface area contributed by atoms with E-state index in [9.17, 15) is 12.8 Å². The average Bonchev–Trinajstić information content (AvgIpc) is 2.34. The van der Waals surface area contributed by atoms with E-state index in [4.69, 9.17) is 10.9 Å². The third-order valence-corrected chi connectivity index (χ3v) is 4.30. The maximum Gasteiger partial charge on any atom is 0.238 e. The molecule has 0 fully saturated rings. The summed E-state index contributed by atoms with van der Waals surface area (Å²) in [5, 5.41) is 8.09. The lowest BCUT2D eigenvalue weighted by Gasteiger charge is -2.12. The molecule has 0 bridgehead atoms. The van der Waals surface area contributed by atoms with Crippen LogP contribution < -0.4 is 16.2 Å². The summed E-state index contributed by atoms with van der Waals surface area (Å²) in [4.78, 5) is -0.0937. The van der Waals surface area contributed by atoms with Gasteiger partial charge >= 0.3 is 0 Å². The molecular formula is C13H13BrFN3O2S. The van der Waals surface area contributed by atoms with Crippen LogP contribution in [0.5, 0.6) is 0 Å². The summed E-state index contributed by atoms with van der Waals surface area (Å²) in [7, 11) is -3.85. The van der Waals surface area contributed by atoms with Gasteiger partial charge in [-0.25, -0.2) is 17.9 Å². The second kappa shape index (κ2) is 5.63. The number of nitrogen functional groups attached to an aromatic ring is 1. The van der Waals surface area contributed by atoms with Gasteiger partial charge in [0.1, 0.15) is 5.82 Å². The summed E-state index contributed by atoms with van der Waals surface area (Å²) < 4.78 is 36.5. The van der Waals surface area contributed by atoms with E-state index in [2.05, 4.69) is 21.2 Å². The van der Waals surface area contributed by atoms with Gasteiger partial charge in [0.2, 0.25) is 10.0 Å². The number of benzene rings is 2. The molecule has 2 aromatic carbocycles. The molecule has 2 rings (SSSR count). The van der Waals surface area contributed by atoms with E-state index in [1.807, 2.05) is 0 Å². The Hall–Kier alpha value is -1.64. The summed E-state index contributed by atoms with van der Waals surface area (Å²) in [5.41, 5.74) is 7.65. The van der Waals surface area contributed by atoms with E-state index in [1.165, 1.54) is 18.2 Å². The third-order valence-electron chi connectivity index (χ3n) is 2.80. The van der Waals surface area contributed by atoms with E-state index >= 15 is 0 Å². The van der Waals surface area contributed by atoms with Crippen molar-refractivity contribution < 1.29 is 12.8 Å². The Morgan fingerprint density at radius 2 is 1.86 bits per heavy atom. The standard InChI is InChI=1S/C13H13BrFN3O2S/c1-7-2-12(15)11(14)6-13(7)18-9-3-8(16)4-10(5-9)21(17,19)20/h2-6,18H,16H2,1H3,(H2,17,19,20). The molecule has 5 nitrogen and oxygen atoms in total. The summed E-state index contributed by atoms with van der Waals surface area (Å²) >= 11 is 3.10. The molecule has 0 spiro atoms. The molecule has 8 heteroatoms. The Labute approximate surface area is 130 Å². The van der Waals surface area contributed by atoms with Crippen LogP contribution in [0.3, 0.4) is 0 Å². The first-order valence-corrected chi connectivity index (χ1v) is 8.17. The number of aryl methyl sites for hydroxylation is 1. The highest BCUT2D eigenvalue weighted by Gasteiger charge is 2.11. The highest BCUT2D eigenvalue weighted by molar-refractivity contribution is 9.10. The number of halogens is 2. The van der Waals surface area contributed by atoms with E-state index in [1.54, 1.807) is 19.1 Å². The van der Waals surface area contributed by atoms with Crippen molar-refractivity contribution in [2.45, 2.75) is 11.8 Å². The summed E-state index contributed by atoms with van der Waals surface area (Å²) in [6.45, 7) is 1.73. The van der Waals surface area contributed by atoms with Crippen LogP contribution in [0.4, 0.5) is 21.5 Å². The van der Waals surface area contributed by atoms with Crippen molar-refractivity contribution in [1.82, 2.24) is 0 Å². The Morgan fingerprint density at radius 1 is 1.19 bits per heavy atom. The van der Waals surface area contributed by atoms with E-state index in [0.29, 0.717) is 21.4 Å². The first-order valence-electron chi connectivity index (χ1n) is 5.83. The number of hydrogen-bond donors (Lipinski definition) is 3. The maximum atomic E-state index is 13.4. The van der Waals surface area contributed by atoms with Crippen molar-refractivity contribution >= 4 is 43.0 Å². The molecule has 0 unspecified atom stereocenters. The first kappa shape index (κ1) is 15.7. The molecule has 0 atom stereocenters. The monoisotopic (exact) mass is 373 g/mol. The molecule has 112 valence electrons. The number of anilines is 3. The average molecular weight is 374 g/mol. The zero-order valence-electron chi connectivity index (χ0n) is 11.0. The number of nitrogens with one attached hydrogen (secondary N) is 1. The SMILES string of the molecule is Cc1cc(F)c(Br)cc1Nc1cc(N)cc(S(N)(=O)=O)c1. The fraction of sp³-hybridized carbons (Fsp3) is 0.0769. The van der Waals surface area contributed by atoms with E-state index < -0.39 is 10.0 Å². The van der Waals surface area contributed by atoms with E-state index in [0.717, 1.165) is 0 Å². The summed E-state index contributed by atoms with van der Waals surface area (Å²) in [6, 6.07) is 7.12. The second-order valence-electron chi connectivity index (χ2n) is 4.54. The van der Waals surface area contributed by atoms with Crippen LogP contribution in [-0.4, -0.2) is 8.42 Å². The van der Waals surface area contributed by atoms with Gasteiger partial charge in [0.05, 0.1) is 9.37 Å². The quantitative estimate of drug-likeness (QED) is 0.720. The summed E-state index contributed by atoms with van der Waals surface area (Å²) in [5.74, 6) is -0.379. The van der Waals surface area contributed by atoms with Gasteiger partial charge in [-0.3, -0.25) is 0 Å². The lowest BCUT2D eigenvalue weighted by Crippen LogP contribution is -2.12. The normalized spacial score (nSPS) is 11.4. The van der Waals surface area contributed by atoms with Crippen molar-refractivity contribution in [2.24, 2.45) is 5.14 Å². The topological polar surface area (TPSA) is 98.2 Å². The Balaban J connectivity index is 2.45. The molecule has 5 N–H and O–H groups in total. The number of sulfonamides is 1. The van der Waals surface area contributed by atoms with Crippen LogP contribution in [-0.2, 0) is 10.0 Å². The van der Waals surface area contributed by atoms with Gasteiger partial charge in [0.15, 0.2) is 0 Å². The Kier molecular flexibility index (Phi) is 4.22. The van der Waals surface area contributed by atoms with Crippen molar-refractivity contribution in [2.75, 3.05) is 11.1 Å². The minimum absolute atomic E-state index is 0.0937. The molecule has 0 saturated heterocycles. The number of hydrogen-bond acceptors (Lipinski definition) is 4. The second-order valence-corrected chi connectivity index (χ2v) is 6.96. The predicted octanol–water partition coefficient (Wildman–Crippen LogP) is 2.87. The zero-order valence-corrected chi connectivity index (χ0v) is 13.4. The molecule has 0 aliphatic carbocycles. The molecule has 0 aromatic heterocycles. The van der Waals surface area contributed by atoms with Gasteiger partial charge in [-0.1, -0.05) is 0 Å². The van der Waals surface area contributed by atoms with Crippen molar-refractivity contribution in [3.8, 4) is 0 Å². The summed E-state index contributed by atoms with van der Waals surface area (Å²) in [6.07, 6.45) is 0. The number of rotatable bonds is 3. The van der Waals surface area contributed by atoms with Crippen molar-refractivity contribution in [1.29, 1.82) is 0 Å². The highest BCUT2D eigenvalue weighted by atomic mass is 79.9. The fourth-order valence-corrected chi connectivity index (χ4v) is 2.73. The highest BCUT2D eigenvalue weighted by Crippen LogP contribution is 2.28. The molecular weight excluding hydrogens is 361 g/mol. The van der Waals surface area contributed by atoms with Gasteiger partial charge in [-0.2, -0.15) is 0 Å². The zero-order chi connectivity index (χ0) is 15.8. The fourth-order valence-electron chi connectivity index (χ4n) is 1.79. The molecule has 2 aromatic rings. The third kappa shape index (κ3) is 3.72. The largest absolute Gasteiger partial charge is 0.399 e. The van der Waals surface area contributed by atoms with Crippen LogP contribution in [0.25, 0.3) is 0 Å². The van der Waals surface area contributed by atoms with Gasteiger partial charge in [0, 0.05) is 17.1 Å². The van der Waals surface area contributed by atoms with Crippen LogP contribution >= 0.6 is 15.9 Å². The molecule has 0 radical (unpaired) electrons. The van der Waals surface area contributed by atoms with Gasteiger partial charge in [-0.05, 0) is 58.7 Å². The van der Waals surface area contributed by atoms with Crippen LogP contribution in [0.15, 0.2) is 39.7 Å². The maximum absolute atomic E-state index is 13.4. The lowest BCUT2D eigenvalue weighted by molar-refractivity contribution is 0.598. The first-order chi connectivity index (χ1) is 9.66. The lowest BCUT2D eigenvalue weighted by atomic mass is 10.2. The molecule has 0 aliphatic rings. The smallest absolute Gasteiger partial charge is 0.238 e. The number of primary sulfonamides is 1. The van der Waals surface area contributed by atoms with Crippen molar-refractivity contribution in [3.63, 3.8) is 0 Å². The predicted molar refractivity (Wildman–Crippen MR) is 84.3 cm³/mol. The molecule has 0 saturated carbocycles. The van der Waals surface area contributed by atoms with E-state index in [-0.39, 0.29) is 16.4 Å². The molecule has 0 amide bonds. The Morgan fingerprint density at radius 3 is 2.48 bits per heavy atom. The molecule has 0 heterocycles. The van der Waals surface area contributed by atoms with Crippen LogP contribution in [0.2, 0.25) is 0 Å². The van der Waals surface area contributed by atoms with Crippen molar-refractivity contribution in [3.05, 3.63) is 46.2 Å². The molecule has 0 aliphatic heterocycles. The van der Waals surface area contributed by atoms with Crippen LogP contribution in [0, 0.1) is 12.7 Å².